The van der Waals surface area contributed by atoms with Gasteiger partial charge in [0, 0.05) is 27.9 Å². The second kappa shape index (κ2) is 10.7. The number of hydrogen-bond donors (Lipinski definition) is 0. The van der Waals surface area contributed by atoms with E-state index < -0.39 is 29.1 Å². The van der Waals surface area contributed by atoms with Crippen molar-refractivity contribution in [3.63, 3.8) is 0 Å². The van der Waals surface area contributed by atoms with Gasteiger partial charge in [-0.05, 0) is 69.9 Å². The van der Waals surface area contributed by atoms with E-state index in [1.807, 2.05) is 52.8 Å². The van der Waals surface area contributed by atoms with Crippen LogP contribution in [-0.2, 0) is 14.3 Å². The maximum Gasteiger partial charge on any atom is 0.329 e. The topological polar surface area (TPSA) is 59.5 Å². The first-order chi connectivity index (χ1) is 16.4. The Hall–Kier alpha value is -2.37. The fourth-order valence-corrected chi connectivity index (χ4v) is 5.22. The predicted molar refractivity (Wildman–Crippen MR) is 140 cm³/mol. The predicted octanol–water partition coefficient (Wildman–Crippen LogP) is 7.15. The molecule has 5 nitrogen and oxygen atoms in total. The molecule has 0 spiro atoms. The number of ether oxygens (including phenoxy) is 1. The molecular weight excluding hydrogens is 483 g/mol. The Morgan fingerprint density at radius 2 is 1.91 bits per heavy atom. The van der Waals surface area contributed by atoms with Crippen LogP contribution in [0.2, 0.25) is 10.0 Å². The number of piperidine rings is 1. The third-order valence-electron chi connectivity index (χ3n) is 6.43. The second-order valence-corrected chi connectivity index (χ2v) is 11.3. The van der Waals surface area contributed by atoms with Crippen molar-refractivity contribution in [3.05, 3.63) is 76.6 Å². The number of benzene rings is 1. The third kappa shape index (κ3) is 6.07. The number of allylic oxidation sites excluding steroid dienone is 1. The van der Waals surface area contributed by atoms with Crippen LogP contribution < -0.4 is 0 Å². The summed E-state index contributed by atoms with van der Waals surface area (Å²) in [4.78, 5) is 34.0. The minimum Gasteiger partial charge on any atom is -0.458 e. The molecule has 0 radical (unpaired) electrons. The minimum absolute atomic E-state index is 0.103. The summed E-state index contributed by atoms with van der Waals surface area (Å²) in [7, 11) is 0. The van der Waals surface area contributed by atoms with Crippen molar-refractivity contribution in [2.45, 2.75) is 77.5 Å². The Bertz CT molecular complexity index is 1080. The van der Waals surface area contributed by atoms with Crippen molar-refractivity contribution >= 4 is 35.1 Å². The minimum atomic E-state index is -0.770. The zero-order valence-corrected chi connectivity index (χ0v) is 22.6. The van der Waals surface area contributed by atoms with Crippen LogP contribution in [0.5, 0.6) is 0 Å². The van der Waals surface area contributed by atoms with E-state index >= 15 is 0 Å². The van der Waals surface area contributed by atoms with Gasteiger partial charge in [0.1, 0.15) is 11.6 Å². The molecule has 1 saturated heterocycles. The molecule has 0 bridgehead atoms. The Balaban J connectivity index is 2.24. The monoisotopic (exact) mass is 516 g/mol. The number of pyridine rings is 1. The van der Waals surface area contributed by atoms with E-state index in [2.05, 4.69) is 11.6 Å². The van der Waals surface area contributed by atoms with Gasteiger partial charge in [0.25, 0.3) is 0 Å². The van der Waals surface area contributed by atoms with E-state index in [4.69, 9.17) is 27.9 Å². The highest BCUT2D eigenvalue weighted by Crippen LogP contribution is 2.52. The first-order valence-corrected chi connectivity index (χ1v) is 12.7. The van der Waals surface area contributed by atoms with Crippen LogP contribution in [0.25, 0.3) is 0 Å². The van der Waals surface area contributed by atoms with E-state index in [9.17, 15) is 9.59 Å². The number of carbonyl (C=O) groups excluding carboxylic acids is 2. The lowest BCUT2D eigenvalue weighted by molar-refractivity contribution is -0.173. The molecule has 1 aromatic carbocycles. The Morgan fingerprint density at radius 3 is 2.46 bits per heavy atom. The van der Waals surface area contributed by atoms with Gasteiger partial charge in [-0.1, -0.05) is 55.3 Å². The first kappa shape index (κ1) is 27.2. The standard InChI is InChI=1S/C28H34Cl2N2O3/c1-7-14-28(6)17-21(22-16-20(30)13-15-31-22)24(18-9-11-19(29)12-10-18)32(26(28)34)23(8-2)25(33)35-27(3,4)5/h7,9-13,15-16,21,23-24H,1,8,14,17H2,2-6H3/t21-,23+,24-,28+/m1/s1. The highest BCUT2D eigenvalue weighted by Gasteiger charge is 2.53. The van der Waals surface area contributed by atoms with Crippen molar-refractivity contribution < 1.29 is 14.3 Å². The fourth-order valence-electron chi connectivity index (χ4n) is 4.93. The summed E-state index contributed by atoms with van der Waals surface area (Å²) >= 11 is 12.6. The summed E-state index contributed by atoms with van der Waals surface area (Å²) in [6, 6.07) is 9.75. The lowest BCUT2D eigenvalue weighted by atomic mass is 9.68. The summed E-state index contributed by atoms with van der Waals surface area (Å²) in [5.74, 6) is -0.740. The summed E-state index contributed by atoms with van der Waals surface area (Å²) in [5.41, 5.74) is 0.188. The normalized spacial score (nSPS) is 23.6. The number of carbonyl (C=O) groups is 2. The maximum absolute atomic E-state index is 14.2. The Labute approximate surface area is 218 Å². The summed E-state index contributed by atoms with van der Waals surface area (Å²) in [6.07, 6.45) is 4.84. The lowest BCUT2D eigenvalue weighted by Gasteiger charge is -2.51. The van der Waals surface area contributed by atoms with E-state index in [0.29, 0.717) is 29.3 Å². The van der Waals surface area contributed by atoms with Crippen molar-refractivity contribution in [3.8, 4) is 0 Å². The molecule has 1 amide bonds. The average molecular weight is 517 g/mol. The van der Waals surface area contributed by atoms with Gasteiger partial charge in [0.05, 0.1) is 11.5 Å². The molecule has 1 aromatic heterocycles. The average Bonchev–Trinajstić information content (AvgIpc) is 2.77. The van der Waals surface area contributed by atoms with E-state index in [-0.39, 0.29) is 11.8 Å². The zero-order chi connectivity index (χ0) is 26.0. The largest absolute Gasteiger partial charge is 0.458 e. The van der Waals surface area contributed by atoms with Crippen LogP contribution in [0.4, 0.5) is 0 Å². The molecule has 0 N–H and O–H groups in total. The molecular formula is C28H34Cl2N2O3. The first-order valence-electron chi connectivity index (χ1n) is 11.9. The number of nitrogens with zero attached hydrogens (tertiary/aromatic N) is 2. The number of hydrogen-bond acceptors (Lipinski definition) is 4. The third-order valence-corrected chi connectivity index (χ3v) is 6.92. The fraction of sp³-hybridized carbons (Fsp3) is 0.464. The van der Waals surface area contributed by atoms with Crippen LogP contribution in [0, 0.1) is 5.41 Å². The Kier molecular flexibility index (Phi) is 8.33. The van der Waals surface area contributed by atoms with Gasteiger partial charge in [0.2, 0.25) is 5.91 Å². The molecule has 1 aliphatic heterocycles. The van der Waals surface area contributed by atoms with E-state index in [0.717, 1.165) is 11.3 Å². The molecule has 7 heteroatoms. The van der Waals surface area contributed by atoms with Crippen molar-refractivity contribution in [2.75, 3.05) is 0 Å². The molecule has 0 aliphatic carbocycles. The molecule has 35 heavy (non-hydrogen) atoms. The van der Waals surface area contributed by atoms with Crippen LogP contribution >= 0.6 is 23.2 Å². The van der Waals surface area contributed by atoms with Crippen molar-refractivity contribution in [1.82, 2.24) is 9.88 Å². The second-order valence-electron chi connectivity index (χ2n) is 10.4. The van der Waals surface area contributed by atoms with Gasteiger partial charge < -0.3 is 9.64 Å². The number of aromatic nitrogens is 1. The van der Waals surface area contributed by atoms with Crippen LogP contribution in [0.3, 0.4) is 0 Å². The van der Waals surface area contributed by atoms with Crippen LogP contribution in [0.15, 0.2) is 55.3 Å². The number of halogens is 2. The van der Waals surface area contributed by atoms with Gasteiger partial charge >= 0.3 is 5.97 Å². The molecule has 2 heterocycles. The molecule has 0 unspecified atom stereocenters. The van der Waals surface area contributed by atoms with Gasteiger partial charge in [-0.3, -0.25) is 9.78 Å². The number of likely N-dealkylation sites (tertiary alicyclic amines) is 1. The molecule has 1 aliphatic rings. The summed E-state index contributed by atoms with van der Waals surface area (Å²) < 4.78 is 5.77. The summed E-state index contributed by atoms with van der Waals surface area (Å²) in [5, 5.41) is 1.16. The molecule has 2 aromatic rings. The number of amides is 1. The van der Waals surface area contributed by atoms with Crippen LogP contribution in [-0.4, -0.2) is 33.4 Å². The van der Waals surface area contributed by atoms with Crippen molar-refractivity contribution in [2.24, 2.45) is 5.41 Å². The zero-order valence-electron chi connectivity index (χ0n) is 21.1. The lowest BCUT2D eigenvalue weighted by Crippen LogP contribution is -2.58. The van der Waals surface area contributed by atoms with Crippen LogP contribution in [0.1, 0.15) is 77.1 Å². The number of rotatable bonds is 7. The van der Waals surface area contributed by atoms with Gasteiger partial charge in [-0.15, -0.1) is 6.58 Å². The quantitative estimate of drug-likeness (QED) is 0.289. The van der Waals surface area contributed by atoms with E-state index in [1.54, 1.807) is 35.4 Å². The maximum atomic E-state index is 14.2. The van der Waals surface area contributed by atoms with E-state index in [1.165, 1.54) is 0 Å². The number of esters is 1. The molecule has 4 atom stereocenters. The SMILES string of the molecule is C=CC[C@@]1(C)C[C@H](c2cc(Cl)ccn2)[C@@H](c2ccc(Cl)cc2)N([C@@H](CC)C(=O)OC(C)(C)C)C1=O. The highest BCUT2D eigenvalue weighted by molar-refractivity contribution is 6.30. The Morgan fingerprint density at radius 1 is 1.26 bits per heavy atom. The van der Waals surface area contributed by atoms with Gasteiger partial charge in [0.15, 0.2) is 0 Å². The summed E-state index contributed by atoms with van der Waals surface area (Å²) in [6.45, 7) is 13.2. The molecule has 188 valence electrons. The highest BCUT2D eigenvalue weighted by atomic mass is 35.5. The molecule has 1 fully saturated rings. The van der Waals surface area contributed by atoms with Gasteiger partial charge in [-0.2, -0.15) is 0 Å². The van der Waals surface area contributed by atoms with Crippen molar-refractivity contribution in [1.29, 1.82) is 0 Å². The molecule has 0 saturated carbocycles. The van der Waals surface area contributed by atoms with Gasteiger partial charge in [-0.25, -0.2) is 4.79 Å². The molecule has 3 rings (SSSR count). The smallest absolute Gasteiger partial charge is 0.329 e.